The molecule has 2 atom stereocenters. The monoisotopic (exact) mass is 201 g/mol. The number of hydrogen-bond acceptors (Lipinski definition) is 3. The minimum absolute atomic E-state index is 0.0169. The minimum Gasteiger partial charge on any atom is -0.506 e. The summed E-state index contributed by atoms with van der Waals surface area (Å²) < 4.78 is 0. The van der Waals surface area contributed by atoms with Gasteiger partial charge in [0.25, 0.3) is 0 Å². The van der Waals surface area contributed by atoms with Crippen molar-refractivity contribution >= 4 is 11.6 Å². The van der Waals surface area contributed by atoms with Gasteiger partial charge in [0.1, 0.15) is 5.75 Å². The molecule has 4 heteroatoms. The molecule has 4 N–H and O–H groups in total. The summed E-state index contributed by atoms with van der Waals surface area (Å²) in [4.78, 5) is 0. The summed E-state index contributed by atoms with van der Waals surface area (Å²) in [5.41, 5.74) is 6.37. The van der Waals surface area contributed by atoms with Crippen molar-refractivity contribution in [3.63, 3.8) is 0 Å². The van der Waals surface area contributed by atoms with E-state index >= 15 is 0 Å². The number of phenolic OH excluding ortho intramolecular Hbond substituents is 1. The number of benzene rings is 1. The minimum atomic E-state index is -0.638. The second-order valence-electron chi connectivity index (χ2n) is 2.98. The van der Waals surface area contributed by atoms with Crippen molar-refractivity contribution in [3.05, 3.63) is 28.8 Å². The van der Waals surface area contributed by atoms with E-state index < -0.39 is 12.1 Å². The Balaban J connectivity index is 2.97. The smallest absolute Gasteiger partial charge is 0.134 e. The molecule has 0 heterocycles. The summed E-state index contributed by atoms with van der Waals surface area (Å²) in [6, 6.07) is 4.17. The van der Waals surface area contributed by atoms with Gasteiger partial charge in [0.05, 0.1) is 17.2 Å². The molecule has 0 amide bonds. The average Bonchev–Trinajstić information content (AvgIpc) is 2.08. The molecule has 0 radical (unpaired) electrons. The molecule has 0 saturated carbocycles. The van der Waals surface area contributed by atoms with Crippen LogP contribution in [0.25, 0.3) is 0 Å². The normalized spacial score (nSPS) is 15.4. The van der Waals surface area contributed by atoms with Crippen LogP contribution in [0.15, 0.2) is 18.2 Å². The van der Waals surface area contributed by atoms with E-state index in [4.69, 9.17) is 22.4 Å². The molecule has 0 aliphatic carbocycles. The van der Waals surface area contributed by atoms with Gasteiger partial charge >= 0.3 is 0 Å². The van der Waals surface area contributed by atoms with Gasteiger partial charge in [-0.15, -0.1) is 0 Å². The first-order valence-corrected chi connectivity index (χ1v) is 4.32. The molecule has 0 unspecified atom stereocenters. The predicted octanol–water partition coefficient (Wildman–Crippen LogP) is 1.43. The lowest BCUT2D eigenvalue weighted by atomic mass is 10.0. The Morgan fingerprint density at radius 2 is 2.08 bits per heavy atom. The first kappa shape index (κ1) is 10.3. The van der Waals surface area contributed by atoms with Crippen LogP contribution in [0.3, 0.4) is 0 Å². The second-order valence-corrected chi connectivity index (χ2v) is 3.38. The summed E-state index contributed by atoms with van der Waals surface area (Å²) in [5, 5.41) is 18.6. The Labute approximate surface area is 81.8 Å². The lowest BCUT2D eigenvalue weighted by Gasteiger charge is -2.15. The van der Waals surface area contributed by atoms with E-state index in [2.05, 4.69) is 0 Å². The molecular weight excluding hydrogens is 190 g/mol. The fraction of sp³-hybridized carbons (Fsp3) is 0.333. The van der Waals surface area contributed by atoms with Crippen molar-refractivity contribution in [2.75, 3.05) is 0 Å². The molecule has 1 rings (SSSR count). The Morgan fingerprint density at radius 3 is 2.54 bits per heavy atom. The van der Waals surface area contributed by atoms with Crippen LogP contribution in [-0.4, -0.2) is 16.3 Å². The average molecular weight is 202 g/mol. The van der Waals surface area contributed by atoms with Gasteiger partial charge in [0, 0.05) is 0 Å². The largest absolute Gasteiger partial charge is 0.506 e. The summed E-state index contributed by atoms with van der Waals surface area (Å²) in [5.74, 6) is 0.0169. The van der Waals surface area contributed by atoms with Crippen LogP contribution in [-0.2, 0) is 0 Å². The van der Waals surface area contributed by atoms with Crippen molar-refractivity contribution in [3.8, 4) is 5.75 Å². The highest BCUT2D eigenvalue weighted by atomic mass is 35.5. The topological polar surface area (TPSA) is 66.5 Å². The van der Waals surface area contributed by atoms with E-state index in [1.807, 2.05) is 0 Å². The Hall–Kier alpha value is -0.770. The van der Waals surface area contributed by atoms with E-state index in [0.717, 1.165) is 0 Å². The van der Waals surface area contributed by atoms with Gasteiger partial charge in [0.15, 0.2) is 0 Å². The number of rotatable bonds is 2. The van der Waals surface area contributed by atoms with E-state index in [0.29, 0.717) is 5.56 Å². The quantitative estimate of drug-likeness (QED) is 0.678. The number of aromatic hydroxyl groups is 1. The zero-order valence-electron chi connectivity index (χ0n) is 7.24. The van der Waals surface area contributed by atoms with Crippen LogP contribution in [0.5, 0.6) is 5.75 Å². The third-order valence-electron chi connectivity index (χ3n) is 1.88. The Morgan fingerprint density at radius 1 is 1.46 bits per heavy atom. The molecular formula is C9H12ClNO2. The number of aliphatic hydroxyl groups excluding tert-OH is 1. The number of halogens is 1. The molecule has 72 valence electrons. The van der Waals surface area contributed by atoms with Crippen molar-refractivity contribution in [2.24, 2.45) is 5.73 Å². The summed E-state index contributed by atoms with van der Waals surface area (Å²) in [6.07, 6.45) is -0.638. The molecule has 0 bridgehead atoms. The Bertz CT molecular complexity index is 302. The highest BCUT2D eigenvalue weighted by Gasteiger charge is 2.12. The van der Waals surface area contributed by atoms with Crippen molar-refractivity contribution in [1.82, 2.24) is 0 Å². The van der Waals surface area contributed by atoms with Crippen LogP contribution < -0.4 is 5.73 Å². The summed E-state index contributed by atoms with van der Waals surface area (Å²) in [7, 11) is 0. The summed E-state index contributed by atoms with van der Waals surface area (Å²) >= 11 is 5.68. The maximum Gasteiger partial charge on any atom is 0.134 e. The van der Waals surface area contributed by atoms with Crippen LogP contribution in [0.4, 0.5) is 0 Å². The molecule has 0 aromatic heterocycles. The summed E-state index contributed by atoms with van der Waals surface area (Å²) in [6.45, 7) is 1.60. The molecule has 0 spiro atoms. The van der Waals surface area contributed by atoms with Gasteiger partial charge in [-0.05, 0) is 24.6 Å². The van der Waals surface area contributed by atoms with Crippen LogP contribution in [0, 0.1) is 0 Å². The highest BCUT2D eigenvalue weighted by Crippen LogP contribution is 2.26. The van der Waals surface area contributed by atoms with E-state index in [1.54, 1.807) is 19.1 Å². The number of hydrogen-bond donors (Lipinski definition) is 3. The zero-order chi connectivity index (χ0) is 10.0. The molecule has 0 saturated heterocycles. The van der Waals surface area contributed by atoms with Crippen LogP contribution in [0.2, 0.25) is 5.02 Å². The maximum atomic E-state index is 9.20. The number of phenols is 1. The highest BCUT2D eigenvalue weighted by molar-refractivity contribution is 6.32. The van der Waals surface area contributed by atoms with Gasteiger partial charge in [-0.25, -0.2) is 0 Å². The SMILES string of the molecule is C[C@@H](O)[C@@H](N)c1ccc(O)c(Cl)c1. The van der Waals surface area contributed by atoms with E-state index in [-0.39, 0.29) is 10.8 Å². The van der Waals surface area contributed by atoms with E-state index in [9.17, 15) is 5.11 Å². The van der Waals surface area contributed by atoms with Gasteiger partial charge in [-0.3, -0.25) is 0 Å². The van der Waals surface area contributed by atoms with Gasteiger partial charge in [-0.1, -0.05) is 17.7 Å². The van der Waals surface area contributed by atoms with Crippen molar-refractivity contribution in [2.45, 2.75) is 19.1 Å². The second kappa shape index (κ2) is 3.96. The first-order chi connectivity index (χ1) is 6.02. The predicted molar refractivity (Wildman–Crippen MR) is 51.7 cm³/mol. The fourth-order valence-electron chi connectivity index (χ4n) is 1.01. The van der Waals surface area contributed by atoms with Crippen molar-refractivity contribution in [1.29, 1.82) is 0 Å². The molecule has 1 aromatic rings. The van der Waals surface area contributed by atoms with E-state index in [1.165, 1.54) is 6.07 Å². The standard InChI is InChI=1S/C9H12ClNO2/c1-5(12)9(11)6-2-3-8(13)7(10)4-6/h2-5,9,12-13H,11H2,1H3/t5-,9-/m1/s1. The van der Waals surface area contributed by atoms with Gasteiger partial charge in [0.2, 0.25) is 0 Å². The van der Waals surface area contributed by atoms with Gasteiger partial charge in [-0.2, -0.15) is 0 Å². The lowest BCUT2D eigenvalue weighted by Crippen LogP contribution is -2.22. The van der Waals surface area contributed by atoms with Crippen molar-refractivity contribution < 1.29 is 10.2 Å². The molecule has 3 nitrogen and oxygen atoms in total. The number of aliphatic hydroxyl groups is 1. The lowest BCUT2D eigenvalue weighted by molar-refractivity contribution is 0.164. The maximum absolute atomic E-state index is 9.20. The van der Waals surface area contributed by atoms with Crippen LogP contribution in [0.1, 0.15) is 18.5 Å². The molecule has 0 aliphatic heterocycles. The van der Waals surface area contributed by atoms with Crippen LogP contribution >= 0.6 is 11.6 Å². The molecule has 13 heavy (non-hydrogen) atoms. The third kappa shape index (κ3) is 2.34. The fourth-order valence-corrected chi connectivity index (χ4v) is 1.20. The first-order valence-electron chi connectivity index (χ1n) is 3.94. The van der Waals surface area contributed by atoms with Gasteiger partial charge < -0.3 is 15.9 Å². The molecule has 0 aliphatic rings. The zero-order valence-corrected chi connectivity index (χ0v) is 7.99. The Kier molecular flexibility index (Phi) is 3.14. The molecule has 0 fully saturated rings. The number of nitrogens with two attached hydrogens (primary N) is 1. The molecule has 1 aromatic carbocycles. The third-order valence-corrected chi connectivity index (χ3v) is 2.18.